The van der Waals surface area contributed by atoms with Gasteiger partial charge in [-0.1, -0.05) is 0 Å². The first-order chi connectivity index (χ1) is 13.6. The van der Waals surface area contributed by atoms with E-state index in [1.54, 1.807) is 12.4 Å². The Morgan fingerprint density at radius 2 is 1.93 bits per heavy atom. The Morgan fingerprint density at radius 3 is 2.71 bits per heavy atom. The molecule has 0 radical (unpaired) electrons. The molecule has 28 heavy (non-hydrogen) atoms. The average Bonchev–Trinajstić information content (AvgIpc) is 2.73. The molecule has 1 atom stereocenters. The van der Waals surface area contributed by atoms with Crippen molar-refractivity contribution in [3.8, 4) is 0 Å². The fourth-order valence-electron chi connectivity index (χ4n) is 4.00. The summed E-state index contributed by atoms with van der Waals surface area (Å²) in [5.74, 6) is 2.04. The Balaban J connectivity index is 1.52. The molecule has 2 aliphatic rings. The lowest BCUT2D eigenvalue weighted by Gasteiger charge is -2.33. The second-order valence-corrected chi connectivity index (χ2v) is 7.64. The first-order valence-electron chi connectivity index (χ1n) is 9.99. The lowest BCUT2D eigenvalue weighted by molar-refractivity contribution is 0.0705. The summed E-state index contributed by atoms with van der Waals surface area (Å²) in [6.45, 7) is 8.53. The third kappa shape index (κ3) is 4.14. The Kier molecular flexibility index (Phi) is 5.52. The number of carbonyl (C=O) groups is 1. The van der Waals surface area contributed by atoms with E-state index in [2.05, 4.69) is 20.9 Å². The van der Waals surface area contributed by atoms with Crippen LogP contribution < -0.4 is 4.90 Å². The van der Waals surface area contributed by atoms with Gasteiger partial charge in [-0.2, -0.15) is 0 Å². The van der Waals surface area contributed by atoms with E-state index in [1.165, 1.54) is 0 Å². The number of aryl methyl sites for hydroxylation is 2. The van der Waals surface area contributed by atoms with Crippen LogP contribution in [0.15, 0.2) is 24.5 Å². The molecule has 0 saturated carbocycles. The lowest BCUT2D eigenvalue weighted by Crippen LogP contribution is -2.40. The van der Waals surface area contributed by atoms with Gasteiger partial charge in [-0.25, -0.2) is 9.97 Å². The molecule has 1 amide bonds. The summed E-state index contributed by atoms with van der Waals surface area (Å²) < 4.78 is 5.45. The number of piperidine rings is 1. The molecule has 0 bridgehead atoms. The van der Waals surface area contributed by atoms with Crippen molar-refractivity contribution >= 4 is 11.7 Å². The van der Waals surface area contributed by atoms with E-state index < -0.39 is 0 Å². The van der Waals surface area contributed by atoms with E-state index in [-0.39, 0.29) is 11.8 Å². The fraction of sp³-hybridized carbons (Fsp3) is 0.524. The van der Waals surface area contributed by atoms with Crippen LogP contribution in [0.1, 0.15) is 46.2 Å². The maximum Gasteiger partial charge on any atom is 0.255 e. The zero-order valence-corrected chi connectivity index (χ0v) is 16.6. The third-order valence-electron chi connectivity index (χ3n) is 5.43. The number of aromatic nitrogens is 3. The van der Waals surface area contributed by atoms with Crippen LogP contribution in [0.25, 0.3) is 0 Å². The number of amides is 1. The Hall–Kier alpha value is -2.54. The molecule has 7 nitrogen and oxygen atoms in total. The SMILES string of the molecule is Cc1cncc(C(=O)N2CCC[C@@H](c3cc(N4CCOCC4)nc(C)n3)C2)c1. The van der Waals surface area contributed by atoms with Crippen molar-refractivity contribution in [1.29, 1.82) is 0 Å². The number of rotatable bonds is 3. The van der Waals surface area contributed by atoms with Gasteiger partial charge in [0.1, 0.15) is 11.6 Å². The van der Waals surface area contributed by atoms with Crippen molar-refractivity contribution in [2.75, 3.05) is 44.3 Å². The zero-order valence-electron chi connectivity index (χ0n) is 16.6. The highest BCUT2D eigenvalue weighted by Gasteiger charge is 2.27. The molecule has 0 aromatic carbocycles. The minimum absolute atomic E-state index is 0.0556. The van der Waals surface area contributed by atoms with Gasteiger partial charge in [0, 0.05) is 50.6 Å². The summed E-state index contributed by atoms with van der Waals surface area (Å²) in [5, 5.41) is 0. The molecule has 0 unspecified atom stereocenters. The second kappa shape index (κ2) is 8.22. The van der Waals surface area contributed by atoms with Gasteiger partial charge >= 0.3 is 0 Å². The van der Waals surface area contributed by atoms with Crippen LogP contribution in [0.4, 0.5) is 5.82 Å². The van der Waals surface area contributed by atoms with Crippen LogP contribution in [-0.4, -0.2) is 65.2 Å². The molecular formula is C21H27N5O2. The van der Waals surface area contributed by atoms with Gasteiger partial charge in [0.15, 0.2) is 0 Å². The Bertz CT molecular complexity index is 850. The van der Waals surface area contributed by atoms with Gasteiger partial charge in [0.25, 0.3) is 5.91 Å². The van der Waals surface area contributed by atoms with Gasteiger partial charge in [-0.15, -0.1) is 0 Å². The first kappa shape index (κ1) is 18.8. The predicted octanol–water partition coefficient (Wildman–Crippen LogP) is 2.34. The molecule has 2 fully saturated rings. The predicted molar refractivity (Wildman–Crippen MR) is 107 cm³/mol. The van der Waals surface area contributed by atoms with Crippen LogP contribution in [0.5, 0.6) is 0 Å². The van der Waals surface area contributed by atoms with E-state index in [9.17, 15) is 4.79 Å². The lowest BCUT2D eigenvalue weighted by atomic mass is 9.93. The number of nitrogens with zero attached hydrogens (tertiary/aromatic N) is 5. The van der Waals surface area contributed by atoms with Crippen molar-refractivity contribution in [3.63, 3.8) is 0 Å². The summed E-state index contributed by atoms with van der Waals surface area (Å²) in [4.78, 5) is 30.7. The van der Waals surface area contributed by atoms with Crippen molar-refractivity contribution in [3.05, 3.63) is 47.2 Å². The largest absolute Gasteiger partial charge is 0.378 e. The monoisotopic (exact) mass is 381 g/mol. The van der Waals surface area contributed by atoms with E-state index in [0.717, 1.165) is 68.6 Å². The second-order valence-electron chi connectivity index (χ2n) is 7.64. The average molecular weight is 381 g/mol. The van der Waals surface area contributed by atoms with Gasteiger partial charge in [-0.3, -0.25) is 9.78 Å². The number of hydrogen-bond donors (Lipinski definition) is 0. The molecule has 2 aromatic heterocycles. The molecule has 7 heteroatoms. The maximum absolute atomic E-state index is 12.9. The summed E-state index contributed by atoms with van der Waals surface area (Å²) in [6.07, 6.45) is 5.44. The molecule has 148 valence electrons. The highest BCUT2D eigenvalue weighted by Crippen LogP contribution is 2.28. The molecule has 0 N–H and O–H groups in total. The number of ether oxygens (including phenoxy) is 1. The molecular weight excluding hydrogens is 354 g/mol. The van der Waals surface area contributed by atoms with Crippen molar-refractivity contribution in [2.24, 2.45) is 0 Å². The van der Waals surface area contributed by atoms with E-state index in [1.807, 2.05) is 24.8 Å². The number of carbonyl (C=O) groups excluding carboxylic acids is 1. The van der Waals surface area contributed by atoms with Crippen LogP contribution in [0.3, 0.4) is 0 Å². The standard InChI is InChI=1S/C21H27N5O2/c1-15-10-18(13-22-12-15)21(27)26-5-3-4-17(14-26)19-11-20(24-16(2)23-19)25-6-8-28-9-7-25/h10-13,17H,3-9,14H2,1-2H3/t17-/m1/s1. The highest BCUT2D eigenvalue weighted by atomic mass is 16.5. The van der Waals surface area contributed by atoms with Gasteiger partial charge in [0.05, 0.1) is 24.5 Å². The molecule has 2 aromatic rings. The number of likely N-dealkylation sites (tertiary alicyclic amines) is 1. The normalized spacial score (nSPS) is 20.3. The summed E-state index contributed by atoms with van der Waals surface area (Å²) in [5.41, 5.74) is 2.70. The van der Waals surface area contributed by atoms with Crippen molar-refractivity contribution < 1.29 is 9.53 Å². The quantitative estimate of drug-likeness (QED) is 0.813. The molecule has 4 rings (SSSR count). The smallest absolute Gasteiger partial charge is 0.255 e. The van der Waals surface area contributed by atoms with E-state index in [0.29, 0.717) is 12.1 Å². The van der Waals surface area contributed by atoms with Gasteiger partial charge in [-0.05, 0) is 38.3 Å². The van der Waals surface area contributed by atoms with Crippen LogP contribution in [-0.2, 0) is 4.74 Å². The van der Waals surface area contributed by atoms with Gasteiger partial charge in [0.2, 0.25) is 0 Å². The molecule has 0 spiro atoms. The highest BCUT2D eigenvalue weighted by molar-refractivity contribution is 5.94. The van der Waals surface area contributed by atoms with Gasteiger partial charge < -0.3 is 14.5 Å². The van der Waals surface area contributed by atoms with Crippen molar-refractivity contribution in [2.45, 2.75) is 32.6 Å². The minimum atomic E-state index is 0.0556. The summed E-state index contributed by atoms with van der Waals surface area (Å²) in [6, 6.07) is 4.01. The first-order valence-corrected chi connectivity index (χ1v) is 9.99. The van der Waals surface area contributed by atoms with Crippen LogP contribution >= 0.6 is 0 Å². The van der Waals surface area contributed by atoms with E-state index in [4.69, 9.17) is 9.72 Å². The van der Waals surface area contributed by atoms with Crippen molar-refractivity contribution in [1.82, 2.24) is 19.9 Å². The number of pyridine rings is 1. The minimum Gasteiger partial charge on any atom is -0.378 e. The number of hydrogen-bond acceptors (Lipinski definition) is 6. The third-order valence-corrected chi connectivity index (χ3v) is 5.43. The fourth-order valence-corrected chi connectivity index (χ4v) is 4.00. The molecule has 4 heterocycles. The number of morpholine rings is 1. The van der Waals surface area contributed by atoms with E-state index >= 15 is 0 Å². The molecule has 2 aliphatic heterocycles. The Labute approximate surface area is 165 Å². The summed E-state index contributed by atoms with van der Waals surface area (Å²) in [7, 11) is 0. The molecule has 0 aliphatic carbocycles. The summed E-state index contributed by atoms with van der Waals surface area (Å²) >= 11 is 0. The maximum atomic E-state index is 12.9. The van der Waals surface area contributed by atoms with Crippen LogP contribution in [0.2, 0.25) is 0 Å². The topological polar surface area (TPSA) is 71.5 Å². The number of anilines is 1. The Morgan fingerprint density at radius 1 is 1.11 bits per heavy atom. The molecule has 2 saturated heterocycles. The zero-order chi connectivity index (χ0) is 19.5. The van der Waals surface area contributed by atoms with Crippen LogP contribution in [0, 0.1) is 13.8 Å².